The molecule has 5 heteroatoms. The Morgan fingerprint density at radius 3 is 2.95 bits per heavy atom. The summed E-state index contributed by atoms with van der Waals surface area (Å²) in [6.45, 7) is 5.34. The minimum absolute atomic E-state index is 0.711. The highest BCUT2D eigenvalue weighted by atomic mass is 32.1. The van der Waals surface area contributed by atoms with Crippen LogP contribution in [0.1, 0.15) is 5.56 Å². The number of benzene rings is 1. The molecule has 1 heterocycles. The third-order valence-electron chi connectivity index (χ3n) is 2.75. The van der Waals surface area contributed by atoms with Crippen LogP contribution in [-0.2, 0) is 4.74 Å². The molecular formula is C14H21N3OS. The monoisotopic (exact) mass is 279 g/mol. The van der Waals surface area contributed by atoms with Crippen molar-refractivity contribution >= 4 is 26.7 Å². The van der Waals surface area contributed by atoms with Crippen LogP contribution in [0.15, 0.2) is 18.2 Å². The largest absolute Gasteiger partial charge is 0.378 e. The smallest absolute Gasteiger partial charge is 0.183 e. The summed E-state index contributed by atoms with van der Waals surface area (Å²) in [5.41, 5.74) is 2.33. The second-order valence-corrected chi connectivity index (χ2v) is 5.86. The van der Waals surface area contributed by atoms with Gasteiger partial charge in [-0.05, 0) is 38.7 Å². The number of rotatable bonds is 7. The van der Waals surface area contributed by atoms with Crippen LogP contribution >= 0.6 is 11.3 Å². The van der Waals surface area contributed by atoms with E-state index in [-0.39, 0.29) is 0 Å². The number of thiazole rings is 1. The Labute approximate surface area is 118 Å². The van der Waals surface area contributed by atoms with Gasteiger partial charge in [0, 0.05) is 13.1 Å². The fraction of sp³-hybridized carbons (Fsp3) is 0.500. The van der Waals surface area contributed by atoms with Gasteiger partial charge in [-0.1, -0.05) is 17.4 Å². The Morgan fingerprint density at radius 1 is 1.32 bits per heavy atom. The van der Waals surface area contributed by atoms with Gasteiger partial charge in [0.1, 0.15) is 0 Å². The molecular weight excluding hydrogens is 258 g/mol. The lowest BCUT2D eigenvalue weighted by molar-refractivity contribution is 0.126. The van der Waals surface area contributed by atoms with E-state index in [1.807, 2.05) is 14.1 Å². The zero-order valence-corrected chi connectivity index (χ0v) is 12.6. The Balaban J connectivity index is 1.75. The maximum absolute atomic E-state index is 5.53. The van der Waals surface area contributed by atoms with E-state index in [9.17, 15) is 0 Å². The molecule has 0 aliphatic carbocycles. The van der Waals surface area contributed by atoms with Gasteiger partial charge >= 0.3 is 0 Å². The summed E-state index contributed by atoms with van der Waals surface area (Å²) < 4.78 is 6.76. The molecule has 0 radical (unpaired) electrons. The first-order valence-corrected chi connectivity index (χ1v) is 7.30. The molecule has 2 rings (SSSR count). The summed E-state index contributed by atoms with van der Waals surface area (Å²) in [6.07, 6.45) is 0. The number of nitrogens with zero attached hydrogens (tertiary/aromatic N) is 2. The van der Waals surface area contributed by atoms with Crippen molar-refractivity contribution in [3.8, 4) is 0 Å². The van der Waals surface area contributed by atoms with Gasteiger partial charge < -0.3 is 15.0 Å². The molecule has 4 nitrogen and oxygen atoms in total. The van der Waals surface area contributed by atoms with Gasteiger partial charge in [-0.25, -0.2) is 4.98 Å². The summed E-state index contributed by atoms with van der Waals surface area (Å²) in [4.78, 5) is 6.66. The quantitative estimate of drug-likeness (QED) is 0.791. The van der Waals surface area contributed by atoms with Gasteiger partial charge in [0.15, 0.2) is 5.13 Å². The lowest BCUT2D eigenvalue weighted by Crippen LogP contribution is -2.19. The Hall–Kier alpha value is -1.17. The molecule has 0 saturated carbocycles. The molecule has 0 amide bonds. The van der Waals surface area contributed by atoms with Crippen molar-refractivity contribution in [1.29, 1.82) is 0 Å². The average molecular weight is 279 g/mol. The van der Waals surface area contributed by atoms with Gasteiger partial charge in [0.2, 0.25) is 0 Å². The van der Waals surface area contributed by atoms with Crippen LogP contribution in [-0.4, -0.2) is 50.3 Å². The highest BCUT2D eigenvalue weighted by Crippen LogP contribution is 2.26. The molecule has 0 unspecified atom stereocenters. The van der Waals surface area contributed by atoms with E-state index in [1.54, 1.807) is 11.3 Å². The molecule has 1 N–H and O–H groups in total. The van der Waals surface area contributed by atoms with Crippen molar-refractivity contribution in [1.82, 2.24) is 9.88 Å². The Morgan fingerprint density at radius 2 is 2.16 bits per heavy atom. The molecule has 1 aromatic heterocycles. The second-order valence-electron chi connectivity index (χ2n) is 4.83. The van der Waals surface area contributed by atoms with Crippen molar-refractivity contribution in [3.63, 3.8) is 0 Å². The standard InChI is InChI=1S/C14H21N3OS/c1-11-4-5-12-13(10-11)19-14(16-12)15-6-8-18-9-7-17(2)3/h4-5,10H,6-9H2,1-3H3,(H,15,16). The number of hydrogen-bond acceptors (Lipinski definition) is 5. The van der Waals surface area contributed by atoms with E-state index >= 15 is 0 Å². The van der Waals surface area contributed by atoms with E-state index in [4.69, 9.17) is 4.74 Å². The van der Waals surface area contributed by atoms with Gasteiger partial charge in [-0.2, -0.15) is 0 Å². The van der Waals surface area contributed by atoms with Gasteiger partial charge in [-0.15, -0.1) is 0 Å². The van der Waals surface area contributed by atoms with Crippen molar-refractivity contribution in [3.05, 3.63) is 23.8 Å². The van der Waals surface area contributed by atoms with Crippen molar-refractivity contribution < 1.29 is 4.74 Å². The lowest BCUT2D eigenvalue weighted by Gasteiger charge is -2.09. The summed E-state index contributed by atoms with van der Waals surface area (Å²) >= 11 is 1.69. The van der Waals surface area contributed by atoms with Crippen LogP contribution in [0, 0.1) is 6.92 Å². The molecule has 0 aliphatic heterocycles. The molecule has 0 saturated heterocycles. The minimum atomic E-state index is 0.711. The number of ether oxygens (including phenoxy) is 1. The average Bonchev–Trinajstić information content (AvgIpc) is 2.75. The van der Waals surface area contributed by atoms with E-state index in [1.165, 1.54) is 10.3 Å². The van der Waals surface area contributed by atoms with Crippen LogP contribution in [0.25, 0.3) is 10.2 Å². The number of hydrogen-bond donors (Lipinski definition) is 1. The van der Waals surface area contributed by atoms with E-state index in [2.05, 4.69) is 40.3 Å². The molecule has 0 atom stereocenters. The van der Waals surface area contributed by atoms with E-state index in [0.29, 0.717) is 6.61 Å². The molecule has 1 aromatic carbocycles. The fourth-order valence-corrected chi connectivity index (χ4v) is 2.68. The first-order valence-electron chi connectivity index (χ1n) is 6.49. The van der Waals surface area contributed by atoms with Gasteiger partial charge in [0.25, 0.3) is 0 Å². The number of nitrogens with one attached hydrogen (secondary N) is 1. The summed E-state index contributed by atoms with van der Waals surface area (Å²) in [5, 5.41) is 4.28. The normalized spacial score (nSPS) is 11.4. The maximum atomic E-state index is 5.53. The molecule has 0 bridgehead atoms. The molecule has 0 aliphatic rings. The predicted octanol–water partition coefficient (Wildman–Crippen LogP) is 2.59. The molecule has 0 fully saturated rings. The third-order valence-corrected chi connectivity index (χ3v) is 3.73. The summed E-state index contributed by atoms with van der Waals surface area (Å²) in [6, 6.07) is 6.34. The molecule has 104 valence electrons. The van der Waals surface area contributed by atoms with Crippen LogP contribution in [0.5, 0.6) is 0 Å². The van der Waals surface area contributed by atoms with Gasteiger partial charge in [-0.3, -0.25) is 0 Å². The van der Waals surface area contributed by atoms with Crippen molar-refractivity contribution in [2.45, 2.75) is 6.92 Å². The summed E-state index contributed by atoms with van der Waals surface area (Å²) in [7, 11) is 4.09. The van der Waals surface area contributed by atoms with Crippen molar-refractivity contribution in [2.24, 2.45) is 0 Å². The van der Waals surface area contributed by atoms with Crippen LogP contribution in [0.4, 0.5) is 5.13 Å². The zero-order chi connectivity index (χ0) is 13.7. The first kappa shape index (κ1) is 14.2. The molecule has 19 heavy (non-hydrogen) atoms. The molecule has 2 aromatic rings. The highest BCUT2D eigenvalue weighted by molar-refractivity contribution is 7.22. The first-order chi connectivity index (χ1) is 9.15. The number of aromatic nitrogens is 1. The van der Waals surface area contributed by atoms with Crippen LogP contribution in [0.2, 0.25) is 0 Å². The topological polar surface area (TPSA) is 37.4 Å². The minimum Gasteiger partial charge on any atom is -0.378 e. The highest BCUT2D eigenvalue weighted by Gasteiger charge is 2.02. The molecule has 0 spiro atoms. The number of anilines is 1. The fourth-order valence-electron chi connectivity index (χ4n) is 1.69. The Kier molecular flexibility index (Phi) is 5.13. The summed E-state index contributed by atoms with van der Waals surface area (Å²) in [5.74, 6) is 0. The number of aryl methyl sites for hydroxylation is 1. The number of likely N-dealkylation sites (N-methyl/N-ethyl adjacent to an activating group) is 1. The third kappa shape index (κ3) is 4.45. The van der Waals surface area contributed by atoms with Crippen LogP contribution < -0.4 is 5.32 Å². The van der Waals surface area contributed by atoms with E-state index in [0.717, 1.165) is 30.3 Å². The zero-order valence-electron chi connectivity index (χ0n) is 11.8. The predicted molar refractivity (Wildman–Crippen MR) is 82.2 cm³/mol. The number of fused-ring (bicyclic) bond motifs is 1. The second kappa shape index (κ2) is 6.84. The van der Waals surface area contributed by atoms with Crippen molar-refractivity contribution in [2.75, 3.05) is 45.7 Å². The SMILES string of the molecule is Cc1ccc2nc(NCCOCCN(C)C)sc2c1. The van der Waals surface area contributed by atoms with Crippen LogP contribution in [0.3, 0.4) is 0 Å². The Bertz CT molecular complexity index is 524. The maximum Gasteiger partial charge on any atom is 0.183 e. The van der Waals surface area contributed by atoms with E-state index < -0.39 is 0 Å². The van der Waals surface area contributed by atoms with Gasteiger partial charge in [0.05, 0.1) is 23.4 Å². The lowest BCUT2D eigenvalue weighted by atomic mass is 10.2.